The standard InChI is InChI=1S/C44H51NO7.C43H50N2O7.CH2Cl2/c1-3-38(41(47)25-32-15-18-35-27-45-22-21-34(35)24-32)33-16-13-31(14-17-33)28-52-44(50)12-7-5-4-6-11-39-40(43(49)26-42(39)48)20-19-36(46)29-51-37-10-8-9-30(2)23-37;1-29-7-6-8-36(21-29)51-28-35(46)17-18-38-37(41(48)24-42(38)49)9-4-2-3-5-10-43(50)52-27-30-11-14-32(15-12-30)39(25-44)40(47)23-31-13-16-34-26-45-20-19-33(34)22-31;2-1-3/h4,6,8-10,13-24,27,36,38-40,42-43,46,48-49H,3,5,7,11-12,25-26,28-29H2,1-2H3;2,4,6-8,11-22,26,35,37-39,41-42,46,48-49H,3,5,9-10,23-25,27-28,44H2,1H3;1H2/b6-4-,20-19+;4-2-,18-17+;/t36-,38?,39?,40-,42+,43-;35-,37?,38-,39?,41+,42-;/m11./s1. The van der Waals surface area contributed by atoms with Crippen LogP contribution in [0.15, 0.2) is 219 Å². The third kappa shape index (κ3) is 27.5. The van der Waals surface area contributed by atoms with Crippen molar-refractivity contribution in [2.24, 2.45) is 29.4 Å². The lowest BCUT2D eigenvalue weighted by molar-refractivity contribution is -0.145. The Bertz CT molecular complexity index is 3940. The summed E-state index contributed by atoms with van der Waals surface area (Å²) < 4.78 is 22.3. The minimum atomic E-state index is -0.842. The highest BCUT2D eigenvalue weighted by Gasteiger charge is 2.40. The minimum Gasteiger partial charge on any atom is -0.491 e. The molecule has 8 aromatic rings. The fraction of sp³-hybridized carbons (Fsp3) is 0.386. The van der Waals surface area contributed by atoms with E-state index in [2.05, 4.69) is 16.0 Å². The van der Waals surface area contributed by atoms with Crippen LogP contribution in [0, 0.1) is 37.5 Å². The Kier molecular flexibility index (Phi) is 34.9. The second kappa shape index (κ2) is 44.5. The number of nitrogens with two attached hydrogens (primary N) is 1. The van der Waals surface area contributed by atoms with Crippen molar-refractivity contribution in [1.29, 1.82) is 0 Å². The molecule has 6 aromatic carbocycles. The number of aryl methyl sites for hydroxylation is 2. The first kappa shape index (κ1) is 83.9. The zero-order valence-corrected chi connectivity index (χ0v) is 62.8. The first-order chi connectivity index (χ1) is 51.8. The van der Waals surface area contributed by atoms with Gasteiger partial charge in [-0.3, -0.25) is 29.1 Å². The number of carbonyl (C=O) groups excluding carboxylic acids is 4. The number of allylic oxidation sites excluding steroid dienone is 4. The number of ketones is 2. The number of ether oxygens (including phenoxy) is 4. The van der Waals surface area contributed by atoms with Crippen LogP contribution in [0.2, 0.25) is 0 Å². The predicted molar refractivity (Wildman–Crippen MR) is 421 cm³/mol. The molecule has 2 aliphatic rings. The maximum Gasteiger partial charge on any atom is 0.306 e. The number of halogens is 2. The fourth-order valence-electron chi connectivity index (χ4n) is 13.7. The molecule has 17 nitrogen and oxygen atoms in total. The highest BCUT2D eigenvalue weighted by atomic mass is 35.5. The summed E-state index contributed by atoms with van der Waals surface area (Å²) in [5, 5.41) is 67.4. The molecule has 0 spiro atoms. The topological polar surface area (TPSA) is 278 Å². The van der Waals surface area contributed by atoms with Crippen molar-refractivity contribution in [2.45, 2.75) is 166 Å². The molecular weight excluding hydrogens is 1390 g/mol. The Hall–Kier alpha value is -8.72. The van der Waals surface area contributed by atoms with Crippen molar-refractivity contribution in [3.05, 3.63) is 263 Å². The summed E-state index contributed by atoms with van der Waals surface area (Å²) in [4.78, 5) is 59.5. The van der Waals surface area contributed by atoms with Gasteiger partial charge in [-0.05, 0) is 162 Å². The number of benzene rings is 6. The molecule has 0 aliphatic heterocycles. The Balaban J connectivity index is 0.000000260. The summed E-state index contributed by atoms with van der Waals surface area (Å²) in [7, 11) is 0. The largest absolute Gasteiger partial charge is 0.491 e. The number of unbranched alkanes of at least 4 members (excludes halogenated alkanes) is 2. The van der Waals surface area contributed by atoms with Gasteiger partial charge in [0.2, 0.25) is 0 Å². The number of rotatable bonds is 36. The number of aliphatic hydroxyl groups is 6. The van der Waals surface area contributed by atoms with Crippen LogP contribution in [0.5, 0.6) is 11.5 Å². The first-order valence-electron chi connectivity index (χ1n) is 37.0. The van der Waals surface area contributed by atoms with Crippen molar-refractivity contribution in [2.75, 3.05) is 25.1 Å². The monoisotopic (exact) mass is 1500 g/mol. The van der Waals surface area contributed by atoms with Gasteiger partial charge in [0.05, 0.1) is 35.7 Å². The molecule has 568 valence electrons. The summed E-state index contributed by atoms with van der Waals surface area (Å²) in [5.74, 6) is -0.500. The molecule has 107 heavy (non-hydrogen) atoms. The van der Waals surface area contributed by atoms with Gasteiger partial charge >= 0.3 is 11.9 Å². The summed E-state index contributed by atoms with van der Waals surface area (Å²) in [6.45, 7) is 6.68. The highest BCUT2D eigenvalue weighted by molar-refractivity contribution is 6.40. The van der Waals surface area contributed by atoms with E-state index in [0.29, 0.717) is 75.7 Å². The van der Waals surface area contributed by atoms with Gasteiger partial charge in [0, 0.05) is 98.4 Å². The van der Waals surface area contributed by atoms with Gasteiger partial charge in [0.1, 0.15) is 61.7 Å². The van der Waals surface area contributed by atoms with E-state index in [1.165, 1.54) is 0 Å². The molecule has 2 aliphatic carbocycles. The van der Waals surface area contributed by atoms with E-state index in [1.54, 1.807) is 42.9 Å². The lowest BCUT2D eigenvalue weighted by Crippen LogP contribution is -2.23. The van der Waals surface area contributed by atoms with E-state index in [9.17, 15) is 49.8 Å². The number of hydrogen-bond donors (Lipinski definition) is 7. The number of aromatic nitrogens is 2. The predicted octanol–water partition coefficient (Wildman–Crippen LogP) is 14.7. The van der Waals surface area contributed by atoms with Gasteiger partial charge < -0.3 is 55.3 Å². The van der Waals surface area contributed by atoms with E-state index in [1.807, 2.05) is 191 Å². The average Bonchev–Trinajstić information content (AvgIpc) is 1.17. The number of Topliss-reactive ketones (excluding diaryl/α,β-unsaturated/α-hetero) is 2. The molecule has 2 saturated carbocycles. The van der Waals surface area contributed by atoms with Gasteiger partial charge in [-0.1, -0.05) is 165 Å². The molecule has 2 heterocycles. The smallest absolute Gasteiger partial charge is 0.306 e. The number of hydrogen-bond acceptors (Lipinski definition) is 17. The molecule has 0 bridgehead atoms. The average molecular weight is 1500 g/mol. The van der Waals surface area contributed by atoms with E-state index < -0.39 is 42.5 Å². The van der Waals surface area contributed by atoms with Crippen molar-refractivity contribution in [3.8, 4) is 11.5 Å². The summed E-state index contributed by atoms with van der Waals surface area (Å²) in [5.41, 5.74) is 13.6. The van der Waals surface area contributed by atoms with Crippen LogP contribution in [-0.2, 0) is 54.7 Å². The number of fused-ring (bicyclic) bond motifs is 2. The van der Waals surface area contributed by atoms with Crippen LogP contribution in [0.25, 0.3) is 21.5 Å². The molecule has 0 radical (unpaired) electrons. The van der Waals surface area contributed by atoms with Gasteiger partial charge in [0.25, 0.3) is 0 Å². The van der Waals surface area contributed by atoms with Gasteiger partial charge in [-0.2, -0.15) is 0 Å². The number of alkyl halides is 2. The molecule has 10 rings (SSSR count). The van der Waals surface area contributed by atoms with Crippen LogP contribution in [0.3, 0.4) is 0 Å². The Morgan fingerprint density at radius 1 is 0.523 bits per heavy atom. The zero-order chi connectivity index (χ0) is 76.5. The Labute approximate surface area is 638 Å². The third-order valence-corrected chi connectivity index (χ3v) is 19.6. The number of carbonyl (C=O) groups is 4. The fourth-order valence-corrected chi connectivity index (χ4v) is 13.7. The van der Waals surface area contributed by atoms with Crippen LogP contribution in [0.4, 0.5) is 0 Å². The number of pyridine rings is 2. The molecule has 4 unspecified atom stereocenters. The van der Waals surface area contributed by atoms with Crippen molar-refractivity contribution >= 4 is 68.3 Å². The number of nitrogens with zero attached hydrogens (tertiary/aromatic N) is 2. The normalized spacial score (nSPS) is 19.6. The van der Waals surface area contributed by atoms with Crippen LogP contribution in [-0.4, -0.2) is 126 Å². The van der Waals surface area contributed by atoms with Crippen molar-refractivity contribution in [3.63, 3.8) is 0 Å². The van der Waals surface area contributed by atoms with E-state index in [0.717, 1.165) is 66.1 Å². The molecular formula is C88H103Cl2N3O14. The molecule has 19 heteroatoms. The van der Waals surface area contributed by atoms with E-state index in [-0.39, 0.29) is 111 Å². The Morgan fingerprint density at radius 3 is 1.35 bits per heavy atom. The number of esters is 2. The summed E-state index contributed by atoms with van der Waals surface area (Å²) in [6.07, 6.45) is 23.8. The van der Waals surface area contributed by atoms with Crippen LogP contribution >= 0.6 is 23.2 Å². The second-order valence-corrected chi connectivity index (χ2v) is 28.4. The van der Waals surface area contributed by atoms with E-state index >= 15 is 0 Å². The molecule has 12 atom stereocenters. The summed E-state index contributed by atoms with van der Waals surface area (Å²) >= 11 is 9.53. The maximum absolute atomic E-state index is 13.2. The lowest BCUT2D eigenvalue weighted by Gasteiger charge is -2.19. The van der Waals surface area contributed by atoms with Crippen LogP contribution < -0.4 is 15.2 Å². The third-order valence-electron chi connectivity index (χ3n) is 19.6. The molecule has 8 N–H and O–H groups in total. The second-order valence-electron chi connectivity index (χ2n) is 27.6. The van der Waals surface area contributed by atoms with Crippen molar-refractivity contribution < 1.29 is 68.8 Å². The Morgan fingerprint density at radius 2 is 0.935 bits per heavy atom. The summed E-state index contributed by atoms with van der Waals surface area (Å²) in [6, 6.07) is 46.3. The van der Waals surface area contributed by atoms with Gasteiger partial charge in [0.15, 0.2) is 0 Å². The number of aliphatic hydroxyl groups excluding tert-OH is 6. The van der Waals surface area contributed by atoms with Gasteiger partial charge in [-0.15, -0.1) is 23.2 Å². The van der Waals surface area contributed by atoms with E-state index in [4.69, 9.17) is 47.9 Å². The molecule has 0 amide bonds. The van der Waals surface area contributed by atoms with Crippen LogP contribution in [0.1, 0.15) is 134 Å². The quantitative estimate of drug-likeness (QED) is 0.00832. The SMILES string of the molecule is CCC(C(=O)Cc1ccc2cnccc2c1)c1ccc(COC(=O)CCC/C=C\CC2[C@@H](/C=C/[C@@H](O)COc3cccc(C)c3)[C@H](O)C[C@@H]2O)cc1.Cc1cccc(OC[C@H](O)/C=C/[C@@H]2C(C/C=C\CCCC(=O)OCc3ccc(C(CN)C(=O)Cc4ccc5cnccc5c4)cc3)[C@@H](O)C[C@H]2O)c1.ClCCl. The van der Waals surface area contributed by atoms with Gasteiger partial charge in [-0.25, -0.2) is 0 Å². The minimum absolute atomic E-state index is 0.0494. The maximum atomic E-state index is 13.2. The highest BCUT2D eigenvalue weighted by Crippen LogP contribution is 2.38. The zero-order valence-electron chi connectivity index (χ0n) is 61.3. The molecule has 2 fully saturated rings. The first-order valence-corrected chi connectivity index (χ1v) is 38.0. The molecule has 0 saturated heterocycles. The molecule has 2 aromatic heterocycles. The lowest BCUT2D eigenvalue weighted by atomic mass is 9.88. The van der Waals surface area contributed by atoms with Crippen molar-refractivity contribution in [1.82, 2.24) is 9.97 Å².